The number of esters is 1. The number of nitrogens with one attached hydrogen (secondary N) is 1. The lowest BCUT2D eigenvalue weighted by Crippen LogP contribution is -2.41. The van der Waals surface area contributed by atoms with Gasteiger partial charge in [0.15, 0.2) is 6.61 Å². The fourth-order valence-electron chi connectivity index (χ4n) is 3.16. The van der Waals surface area contributed by atoms with Crippen LogP contribution in [-0.4, -0.2) is 44.5 Å². The van der Waals surface area contributed by atoms with E-state index in [-0.39, 0.29) is 24.3 Å². The van der Waals surface area contributed by atoms with Gasteiger partial charge in [-0.3, -0.25) is 9.59 Å². The largest absolute Gasteiger partial charge is 0.452 e. The zero-order chi connectivity index (χ0) is 20.3. The van der Waals surface area contributed by atoms with Crippen molar-refractivity contribution in [3.8, 4) is 0 Å². The Kier molecular flexibility index (Phi) is 5.63. The minimum absolute atomic E-state index is 0.159. The number of anilines is 3. The normalized spacial score (nSPS) is 15.9. The van der Waals surface area contributed by atoms with Crippen LogP contribution in [0.5, 0.6) is 0 Å². The van der Waals surface area contributed by atoms with Crippen LogP contribution in [0.1, 0.15) is 23.7 Å². The first kappa shape index (κ1) is 19.4. The number of fused-ring (bicyclic) bond motifs is 1. The molecule has 1 heterocycles. The molecule has 2 amide bonds. The molecule has 146 valence electrons. The van der Waals surface area contributed by atoms with Gasteiger partial charge in [0.25, 0.3) is 5.91 Å². The molecular formula is C21H23N3O4. The Morgan fingerprint density at radius 1 is 1.18 bits per heavy atom. The molecule has 1 unspecified atom stereocenters. The van der Waals surface area contributed by atoms with E-state index in [1.54, 1.807) is 49.4 Å². The topological polar surface area (TPSA) is 79.0 Å². The molecule has 1 aliphatic rings. The maximum absolute atomic E-state index is 12.8. The molecule has 0 aliphatic carbocycles. The van der Waals surface area contributed by atoms with Crippen molar-refractivity contribution in [2.45, 2.75) is 19.4 Å². The van der Waals surface area contributed by atoms with Crippen LogP contribution in [0.15, 0.2) is 48.5 Å². The van der Waals surface area contributed by atoms with Crippen LogP contribution in [0.3, 0.4) is 0 Å². The van der Waals surface area contributed by atoms with E-state index in [0.717, 1.165) is 5.69 Å². The monoisotopic (exact) mass is 381 g/mol. The molecule has 0 saturated heterocycles. The highest BCUT2D eigenvalue weighted by Gasteiger charge is 2.30. The van der Waals surface area contributed by atoms with E-state index in [0.29, 0.717) is 16.9 Å². The fraction of sp³-hybridized carbons (Fsp3) is 0.286. The maximum Gasteiger partial charge on any atom is 0.338 e. The second kappa shape index (κ2) is 8.12. The summed E-state index contributed by atoms with van der Waals surface area (Å²) in [5, 5.41) is 2.80. The predicted molar refractivity (Wildman–Crippen MR) is 108 cm³/mol. The summed E-state index contributed by atoms with van der Waals surface area (Å²) >= 11 is 0. The lowest BCUT2D eigenvalue weighted by Gasteiger charge is -2.27. The van der Waals surface area contributed by atoms with Crippen molar-refractivity contribution in [2.75, 3.05) is 35.8 Å². The summed E-state index contributed by atoms with van der Waals surface area (Å²) in [7, 11) is 3.75. The molecule has 1 aliphatic heterocycles. The van der Waals surface area contributed by atoms with Gasteiger partial charge in [-0.1, -0.05) is 18.2 Å². The second-order valence-corrected chi connectivity index (χ2v) is 6.90. The molecule has 7 heteroatoms. The summed E-state index contributed by atoms with van der Waals surface area (Å²) in [5.41, 5.74) is 2.40. The lowest BCUT2D eigenvalue weighted by atomic mass is 10.1. The van der Waals surface area contributed by atoms with E-state index >= 15 is 0 Å². The lowest BCUT2D eigenvalue weighted by molar-refractivity contribution is -0.122. The molecule has 28 heavy (non-hydrogen) atoms. The molecule has 2 aromatic carbocycles. The highest BCUT2D eigenvalue weighted by atomic mass is 16.5. The summed E-state index contributed by atoms with van der Waals surface area (Å²) in [4.78, 5) is 40.6. The summed E-state index contributed by atoms with van der Waals surface area (Å²) < 4.78 is 5.25. The second-order valence-electron chi connectivity index (χ2n) is 6.90. The number of nitrogens with zero attached hydrogens (tertiary/aromatic N) is 2. The Balaban J connectivity index is 1.74. The average Bonchev–Trinajstić information content (AvgIpc) is 2.80. The van der Waals surface area contributed by atoms with Crippen LogP contribution >= 0.6 is 0 Å². The third kappa shape index (κ3) is 4.14. The fourth-order valence-corrected chi connectivity index (χ4v) is 3.16. The molecule has 1 N–H and O–H groups in total. The number of carbonyl (C=O) groups is 3. The molecule has 0 radical (unpaired) electrons. The van der Waals surface area contributed by atoms with Gasteiger partial charge in [-0.15, -0.1) is 0 Å². The van der Waals surface area contributed by atoms with Crippen molar-refractivity contribution in [2.24, 2.45) is 0 Å². The molecule has 0 fully saturated rings. The van der Waals surface area contributed by atoms with E-state index in [2.05, 4.69) is 5.32 Å². The highest BCUT2D eigenvalue weighted by Crippen LogP contribution is 2.31. The van der Waals surface area contributed by atoms with Crippen molar-refractivity contribution in [3.05, 3.63) is 54.1 Å². The molecule has 0 spiro atoms. The molecule has 0 bridgehead atoms. The van der Waals surface area contributed by atoms with Crippen LogP contribution in [0, 0.1) is 0 Å². The first-order valence-corrected chi connectivity index (χ1v) is 9.02. The predicted octanol–water partition coefficient (Wildman–Crippen LogP) is 2.67. The third-order valence-electron chi connectivity index (χ3n) is 4.55. The van der Waals surface area contributed by atoms with E-state index < -0.39 is 12.6 Å². The van der Waals surface area contributed by atoms with Gasteiger partial charge in [0, 0.05) is 32.2 Å². The third-order valence-corrected chi connectivity index (χ3v) is 4.55. The molecule has 1 atom stereocenters. The smallest absolute Gasteiger partial charge is 0.338 e. The highest BCUT2D eigenvalue weighted by molar-refractivity contribution is 6.05. The van der Waals surface area contributed by atoms with Crippen LogP contribution < -0.4 is 15.1 Å². The van der Waals surface area contributed by atoms with Crippen molar-refractivity contribution in [1.82, 2.24) is 0 Å². The number of carbonyl (C=O) groups excluding carboxylic acids is 3. The molecular weight excluding hydrogens is 358 g/mol. The minimum atomic E-state index is -0.568. The number of hydrogen-bond donors (Lipinski definition) is 1. The number of rotatable bonds is 4. The summed E-state index contributed by atoms with van der Waals surface area (Å²) in [6.07, 6.45) is 0.166. The maximum atomic E-state index is 12.8. The number of ether oxygens (including phenoxy) is 1. The first-order valence-electron chi connectivity index (χ1n) is 9.02. The van der Waals surface area contributed by atoms with E-state index in [4.69, 9.17) is 4.74 Å². The number of amides is 2. The van der Waals surface area contributed by atoms with Crippen molar-refractivity contribution < 1.29 is 19.1 Å². The standard InChI is InChI=1S/C21H23N3O4/c1-14-11-19(25)22-17-9-4-5-10-18(17)24(14)20(26)13-28-21(27)15-7-6-8-16(12-15)23(2)3/h4-10,12,14H,11,13H2,1-3H3,(H,22,25). The van der Waals surface area contributed by atoms with Gasteiger partial charge < -0.3 is 19.9 Å². The summed E-state index contributed by atoms with van der Waals surface area (Å²) in [6.45, 7) is 1.39. The Hall–Kier alpha value is -3.35. The average molecular weight is 381 g/mol. The molecule has 2 aromatic rings. The SMILES string of the molecule is CC1CC(=O)Nc2ccccc2N1C(=O)COC(=O)c1cccc(N(C)C)c1. The van der Waals surface area contributed by atoms with Crippen LogP contribution in [0.2, 0.25) is 0 Å². The van der Waals surface area contributed by atoms with E-state index in [1.165, 1.54) is 4.90 Å². The first-order chi connectivity index (χ1) is 13.4. The van der Waals surface area contributed by atoms with Gasteiger partial charge >= 0.3 is 5.97 Å². The number of benzene rings is 2. The molecule has 0 saturated carbocycles. The number of hydrogen-bond acceptors (Lipinski definition) is 5. The van der Waals surface area contributed by atoms with Crippen LogP contribution in [0.25, 0.3) is 0 Å². The Morgan fingerprint density at radius 2 is 1.93 bits per heavy atom. The summed E-state index contributed by atoms with van der Waals surface area (Å²) in [6, 6.07) is 13.7. The van der Waals surface area contributed by atoms with Crippen LogP contribution in [0.4, 0.5) is 17.1 Å². The zero-order valence-electron chi connectivity index (χ0n) is 16.1. The van der Waals surface area contributed by atoms with Gasteiger partial charge in [0.05, 0.1) is 16.9 Å². The molecule has 3 rings (SSSR count). The quantitative estimate of drug-likeness (QED) is 0.824. The van der Waals surface area contributed by atoms with Gasteiger partial charge in [-0.25, -0.2) is 4.79 Å². The number of para-hydroxylation sites is 2. The van der Waals surface area contributed by atoms with E-state index in [1.807, 2.05) is 25.1 Å². The van der Waals surface area contributed by atoms with Crippen molar-refractivity contribution in [3.63, 3.8) is 0 Å². The van der Waals surface area contributed by atoms with Crippen molar-refractivity contribution in [1.29, 1.82) is 0 Å². The van der Waals surface area contributed by atoms with Gasteiger partial charge in [-0.05, 0) is 37.3 Å². The Labute approximate surface area is 163 Å². The molecule has 7 nitrogen and oxygen atoms in total. The summed E-state index contributed by atoms with van der Waals surface area (Å²) in [5.74, 6) is -1.11. The van der Waals surface area contributed by atoms with E-state index in [9.17, 15) is 14.4 Å². The van der Waals surface area contributed by atoms with Gasteiger partial charge in [0.1, 0.15) is 0 Å². The Morgan fingerprint density at radius 3 is 2.68 bits per heavy atom. The van der Waals surface area contributed by atoms with Crippen LogP contribution in [-0.2, 0) is 14.3 Å². The Bertz CT molecular complexity index is 910. The minimum Gasteiger partial charge on any atom is -0.452 e. The van der Waals surface area contributed by atoms with Gasteiger partial charge in [-0.2, -0.15) is 0 Å². The van der Waals surface area contributed by atoms with Crippen molar-refractivity contribution >= 4 is 34.8 Å². The molecule has 0 aromatic heterocycles. The van der Waals surface area contributed by atoms with Gasteiger partial charge in [0.2, 0.25) is 5.91 Å². The zero-order valence-corrected chi connectivity index (χ0v) is 16.1.